The van der Waals surface area contributed by atoms with E-state index in [0.717, 1.165) is 94.3 Å². The van der Waals surface area contributed by atoms with Gasteiger partial charge in [-0.3, -0.25) is 24.6 Å². The van der Waals surface area contributed by atoms with Crippen molar-refractivity contribution in [3.05, 3.63) is 142 Å². The number of nitrogens with zero attached hydrogens (tertiary/aromatic N) is 6. The number of nitrogens with one attached hydrogen (secondary N) is 3. The molecule has 3 heterocycles. The van der Waals surface area contributed by atoms with E-state index >= 15 is 0 Å². The average Bonchev–Trinajstić information content (AvgIpc) is 3.31. The van der Waals surface area contributed by atoms with Crippen LogP contribution in [0.1, 0.15) is 12.0 Å². The first-order valence-electron chi connectivity index (χ1n) is 21.5. The Balaban J connectivity index is 0.915. The molecule has 2 aliphatic rings. The third-order valence-corrected chi connectivity index (χ3v) is 14.3. The van der Waals surface area contributed by atoms with Gasteiger partial charge in [0.1, 0.15) is 12.0 Å². The topological polar surface area (TPSA) is 158 Å². The molecule has 0 bridgehead atoms. The summed E-state index contributed by atoms with van der Waals surface area (Å²) in [7, 11) is -4.29. The molecule has 0 unspecified atom stereocenters. The summed E-state index contributed by atoms with van der Waals surface area (Å²) in [4.78, 5) is 28.6. The number of anilines is 3. The summed E-state index contributed by atoms with van der Waals surface area (Å²) in [6, 6.07) is 35.9. The second-order valence-corrected chi connectivity index (χ2v) is 19.1. The van der Waals surface area contributed by atoms with Gasteiger partial charge in [0, 0.05) is 97.8 Å². The van der Waals surface area contributed by atoms with Crippen molar-refractivity contribution in [3.63, 3.8) is 0 Å². The van der Waals surface area contributed by atoms with Crippen LogP contribution in [0.2, 0.25) is 5.02 Å². The molecule has 0 spiro atoms. The van der Waals surface area contributed by atoms with Crippen molar-refractivity contribution in [1.82, 2.24) is 25.1 Å². The Morgan fingerprint density at radius 3 is 2.36 bits per heavy atom. The summed E-state index contributed by atoms with van der Waals surface area (Å²) in [5, 5.41) is 20.6. The number of morpholine rings is 1. The number of thioether (sulfide) groups is 1. The van der Waals surface area contributed by atoms with Crippen molar-refractivity contribution in [2.75, 3.05) is 92.8 Å². The zero-order valence-corrected chi connectivity index (χ0v) is 37.8. The Morgan fingerprint density at radius 1 is 0.828 bits per heavy atom. The second kappa shape index (κ2) is 21.6. The highest BCUT2D eigenvalue weighted by Gasteiger charge is 2.25. The van der Waals surface area contributed by atoms with Gasteiger partial charge in [-0.25, -0.2) is 18.4 Å². The summed E-state index contributed by atoms with van der Waals surface area (Å²) >= 11 is 8.10. The molecule has 17 heteroatoms. The lowest BCUT2D eigenvalue weighted by Crippen LogP contribution is -2.46. The van der Waals surface area contributed by atoms with E-state index in [1.54, 1.807) is 11.8 Å². The molecule has 3 N–H and O–H groups in total. The van der Waals surface area contributed by atoms with Crippen LogP contribution in [0.15, 0.2) is 131 Å². The van der Waals surface area contributed by atoms with E-state index in [1.807, 2.05) is 72.8 Å². The predicted octanol–water partition coefficient (Wildman–Crippen LogP) is 7.87. The number of fused-ring (bicyclic) bond motifs is 1. The lowest BCUT2D eigenvalue weighted by molar-refractivity contribution is -0.384. The van der Waals surface area contributed by atoms with Crippen LogP contribution in [0.3, 0.4) is 0 Å². The number of benzene rings is 5. The van der Waals surface area contributed by atoms with Crippen molar-refractivity contribution in [2.24, 2.45) is 0 Å². The van der Waals surface area contributed by atoms with Gasteiger partial charge in [0.05, 0.1) is 28.5 Å². The molecular formula is C47H52ClN9O5S2. The average molecular weight is 923 g/mol. The number of hydrogen-bond donors (Lipinski definition) is 3. The molecule has 14 nitrogen and oxygen atoms in total. The van der Waals surface area contributed by atoms with Gasteiger partial charge in [-0.05, 0) is 84.3 Å². The minimum Gasteiger partial charge on any atom is -0.379 e. The van der Waals surface area contributed by atoms with E-state index < -0.39 is 14.9 Å². The second-order valence-electron chi connectivity index (χ2n) is 15.9. The molecule has 0 radical (unpaired) electrons. The van der Waals surface area contributed by atoms with Gasteiger partial charge in [0.25, 0.3) is 15.7 Å². The Bertz CT molecular complexity index is 2620. The maximum absolute atomic E-state index is 13.9. The molecule has 5 aromatic carbocycles. The first kappa shape index (κ1) is 45.2. The van der Waals surface area contributed by atoms with Gasteiger partial charge < -0.3 is 20.3 Å². The van der Waals surface area contributed by atoms with Gasteiger partial charge in [-0.1, -0.05) is 66.2 Å². The third kappa shape index (κ3) is 11.9. The molecular weight excluding hydrogens is 870 g/mol. The first-order valence-corrected chi connectivity index (χ1v) is 24.4. The summed E-state index contributed by atoms with van der Waals surface area (Å²) in [5.41, 5.74) is 4.97. The maximum Gasteiger partial charge on any atom is 0.293 e. The molecule has 0 saturated carbocycles. The zero-order chi connectivity index (χ0) is 44.3. The molecule has 1 atom stereocenters. The van der Waals surface area contributed by atoms with E-state index in [9.17, 15) is 18.5 Å². The fraction of sp³-hybridized carbons (Fsp3) is 0.319. The minimum absolute atomic E-state index is 0.0843. The first-order chi connectivity index (χ1) is 31.2. The molecule has 2 fully saturated rings. The Hall–Kier alpha value is -5.33. The fourth-order valence-electron chi connectivity index (χ4n) is 8.05. The molecule has 1 aromatic heterocycles. The fourth-order valence-corrected chi connectivity index (χ4v) is 10.3. The summed E-state index contributed by atoms with van der Waals surface area (Å²) in [6.07, 6.45) is 2.01. The van der Waals surface area contributed by atoms with E-state index in [-0.39, 0.29) is 28.1 Å². The summed E-state index contributed by atoms with van der Waals surface area (Å²) in [5.74, 6) is 0.730. The van der Waals surface area contributed by atoms with Crippen molar-refractivity contribution >= 4 is 67.2 Å². The highest BCUT2D eigenvalue weighted by Crippen LogP contribution is 2.33. The van der Waals surface area contributed by atoms with Crippen molar-refractivity contribution in [2.45, 2.75) is 28.8 Å². The van der Waals surface area contributed by atoms with E-state index in [4.69, 9.17) is 16.3 Å². The van der Waals surface area contributed by atoms with Crippen molar-refractivity contribution in [1.29, 1.82) is 0 Å². The van der Waals surface area contributed by atoms with Gasteiger partial charge in [0.15, 0.2) is 5.82 Å². The van der Waals surface area contributed by atoms with Crippen LogP contribution in [0.25, 0.3) is 22.0 Å². The van der Waals surface area contributed by atoms with E-state index in [1.165, 1.54) is 29.6 Å². The number of hydrogen-bond acceptors (Lipinski definition) is 13. The minimum atomic E-state index is -4.29. The molecule has 0 amide bonds. The Morgan fingerprint density at radius 2 is 1.59 bits per heavy atom. The maximum atomic E-state index is 13.9. The highest BCUT2D eigenvalue weighted by molar-refractivity contribution is 7.99. The summed E-state index contributed by atoms with van der Waals surface area (Å²) < 4.78 is 35.8. The number of ether oxygens (including phenoxy) is 1. The van der Waals surface area contributed by atoms with E-state index in [2.05, 4.69) is 64.3 Å². The van der Waals surface area contributed by atoms with Gasteiger partial charge >= 0.3 is 0 Å². The number of aromatic nitrogens is 2. The number of rotatable bonds is 19. The van der Waals surface area contributed by atoms with Crippen molar-refractivity contribution in [3.8, 4) is 11.1 Å². The molecule has 2 saturated heterocycles. The van der Waals surface area contributed by atoms with Crippen LogP contribution in [0.4, 0.5) is 22.9 Å². The smallest absolute Gasteiger partial charge is 0.293 e. The number of sulfonamides is 1. The number of nitro benzene ring substituents is 1. The molecule has 64 heavy (non-hydrogen) atoms. The standard InChI is InChI=1S/C47H52ClN9O5S2/c48-37-11-14-42(35-7-3-1-4-8-35)36(29-37)32-55-21-23-56(24-22-55)39-12-15-43-45(30-39)50-34-51-47(43)53-64(60,61)41-13-16-44(46(31-41)57(58)59)52-38(33-63-40-9-5-2-6-10-40)17-18-49-19-20-54-25-27-62-28-26-54/h1-16,29-31,34,38,49,52H,17-28,32-33H2,(H,50,51,53)/t38-/m1/s1. The lowest BCUT2D eigenvalue weighted by atomic mass is 9.99. The van der Waals surface area contributed by atoms with Gasteiger partial charge in [0.2, 0.25) is 0 Å². The van der Waals surface area contributed by atoms with E-state index in [0.29, 0.717) is 34.6 Å². The SMILES string of the molecule is O=[N+]([O-])c1cc(S(=O)(=O)Nc2ncnc3cc(N4CCN(Cc5cc(Cl)ccc5-c5ccccc5)CC4)ccc23)ccc1N[C@H](CCNCCN1CCOCC1)CSc1ccccc1. The number of halogens is 1. The Labute approximate surface area is 383 Å². The monoisotopic (exact) mass is 921 g/mol. The normalized spacial score (nSPS) is 15.5. The Kier molecular flexibility index (Phi) is 15.2. The summed E-state index contributed by atoms with van der Waals surface area (Å²) in [6.45, 7) is 9.83. The van der Waals surface area contributed by atoms with Crippen LogP contribution in [0, 0.1) is 10.1 Å². The van der Waals surface area contributed by atoms with Crippen LogP contribution in [-0.4, -0.2) is 117 Å². The molecule has 2 aliphatic heterocycles. The quantitative estimate of drug-likeness (QED) is 0.0313. The number of nitro groups is 1. The zero-order valence-electron chi connectivity index (χ0n) is 35.4. The van der Waals surface area contributed by atoms with Crippen molar-refractivity contribution < 1.29 is 18.1 Å². The van der Waals surface area contributed by atoms with Crippen LogP contribution < -0.4 is 20.3 Å². The molecule has 8 rings (SSSR count). The van der Waals surface area contributed by atoms with Crippen LogP contribution >= 0.6 is 23.4 Å². The number of piperazine rings is 1. The largest absolute Gasteiger partial charge is 0.379 e. The predicted molar refractivity (Wildman–Crippen MR) is 257 cm³/mol. The molecule has 6 aromatic rings. The van der Waals surface area contributed by atoms with Gasteiger partial charge in [-0.15, -0.1) is 11.8 Å². The highest BCUT2D eigenvalue weighted by atomic mass is 35.5. The van der Waals surface area contributed by atoms with Crippen LogP contribution in [-0.2, 0) is 21.3 Å². The molecule has 0 aliphatic carbocycles. The van der Waals surface area contributed by atoms with Crippen LogP contribution in [0.5, 0.6) is 0 Å². The lowest BCUT2D eigenvalue weighted by Gasteiger charge is -2.36. The van der Waals surface area contributed by atoms with Gasteiger partial charge in [-0.2, -0.15) is 0 Å². The molecule has 334 valence electrons. The third-order valence-electron chi connectivity index (χ3n) is 11.5.